The Labute approximate surface area is 846 Å². The highest BCUT2D eigenvalue weighted by Gasteiger charge is 2.32. The van der Waals surface area contributed by atoms with E-state index in [1.165, 1.54) is 124 Å². The molecule has 0 aliphatic heterocycles. The molecule has 0 saturated carbocycles. The quantitative estimate of drug-likeness (QED) is 0.125. The van der Waals surface area contributed by atoms with Crippen molar-refractivity contribution in [3.63, 3.8) is 0 Å². The lowest BCUT2D eigenvalue weighted by Gasteiger charge is -2.12. The van der Waals surface area contributed by atoms with E-state index in [0.717, 1.165) is 130 Å². The van der Waals surface area contributed by atoms with Crippen LogP contribution < -0.4 is 0 Å². The summed E-state index contributed by atoms with van der Waals surface area (Å²) in [6.45, 7) is 0. The van der Waals surface area contributed by atoms with Crippen molar-refractivity contribution in [2.75, 3.05) is 0 Å². The van der Waals surface area contributed by atoms with Crippen molar-refractivity contribution >= 4 is 266 Å². The molecule has 0 atom stereocenters. The molecule has 0 amide bonds. The Kier molecular flexibility index (Phi) is 19.1. The van der Waals surface area contributed by atoms with Crippen molar-refractivity contribution in [1.29, 1.82) is 0 Å². The third-order valence-corrected chi connectivity index (χ3v) is 34.5. The van der Waals surface area contributed by atoms with Gasteiger partial charge in [0.25, 0.3) is 0 Å². The van der Waals surface area contributed by atoms with E-state index in [1.807, 2.05) is 150 Å². The van der Waals surface area contributed by atoms with Gasteiger partial charge in [-0.2, -0.15) is 9.97 Å². The molecule has 0 fully saturated rings. The molecule has 0 bridgehead atoms. The largest absolute Gasteiger partial charge is 0.308 e. The Morgan fingerprint density at radius 2 is 0.503 bits per heavy atom. The first-order chi connectivity index (χ1) is 71.9. The average molecular weight is 1960 g/mol. The van der Waals surface area contributed by atoms with Gasteiger partial charge < -0.3 is 4.57 Å². The van der Waals surface area contributed by atoms with E-state index in [-0.39, 0.29) is 0 Å². The van der Waals surface area contributed by atoms with Crippen molar-refractivity contribution in [3.8, 4) is 96.9 Å². The predicted molar refractivity (Wildman–Crippen MR) is 604 cm³/mol. The minimum Gasteiger partial charge on any atom is -0.308 e. The second kappa shape index (κ2) is 33.4. The lowest BCUT2D eigenvalue weighted by Crippen LogP contribution is -2.06. The maximum Gasteiger partial charge on any atom is 0.238 e. The smallest absolute Gasteiger partial charge is 0.238 e. The van der Waals surface area contributed by atoms with Crippen LogP contribution in [0.2, 0.25) is 0 Å². The van der Waals surface area contributed by atoms with Crippen molar-refractivity contribution in [2.45, 2.75) is 0 Å². The molecule has 32 rings (SSSR count). The van der Waals surface area contributed by atoms with Gasteiger partial charge in [-0.3, -0.25) is 9.13 Å². The highest BCUT2D eigenvalue weighted by atomic mass is 32.1. The molecule has 0 unspecified atom stereocenters. The van der Waals surface area contributed by atoms with Crippen LogP contribution in [-0.4, -0.2) is 83.5 Å². The number of thiophene rings is 6. The number of rotatable bonds is 10. The number of fused-ring (bicyclic) bond motifs is 37. The van der Waals surface area contributed by atoms with Gasteiger partial charge in [-0.1, -0.05) is 315 Å². The monoisotopic (exact) mass is 1960 g/mol. The summed E-state index contributed by atoms with van der Waals surface area (Å²) >= 11 is 10.7. The van der Waals surface area contributed by atoms with Crippen LogP contribution in [0, 0.1) is 0 Å². The summed E-state index contributed by atoms with van der Waals surface area (Å²) in [5.74, 6) is 4.37. The maximum absolute atomic E-state index is 5.34. The standard InChI is InChI=1S/2C43H24N6S2.C36H19N5S2/c1-3-12-25(13-4-1)40-46-41(26-14-5-2-6-15-26)48-42(47-40)27-16-11-17-28(22-27)49-32-20-9-7-18-29(32)34-35-30-19-8-10-21-33(30)50-38(35)36-31-23-44-24-45-43(31)51-39(36)37(34)49;1-3-11-25(12-4-1)26-19-21-28(22-20-26)41-46-40(27-13-5-2-6-14-27)47-43(48-41)49-32-17-9-7-15-29(32)34-35-30-16-8-10-18-33(30)50-38(35)36-31-23-44-24-45-42(31)51-39(36)37(34)49;1-2-10-20(11-3-1)31-21-12-4-7-15-25(21)39-36(40-31)41-26-16-8-5-13-22(26)28-29-23-14-6-9-17-27(23)42-33(29)30-24-18-37-19-38-35(24)43-34(30)32(28)41/h2*1-24H;1-19H. The van der Waals surface area contributed by atoms with E-state index in [4.69, 9.17) is 54.8 Å². The highest BCUT2D eigenvalue weighted by molar-refractivity contribution is 7.32. The third kappa shape index (κ3) is 13.2. The fraction of sp³-hybridized carbons (Fsp3) is 0. The number of nitrogens with zero attached hydrogens (tertiary/aromatic N) is 17. The van der Waals surface area contributed by atoms with Crippen LogP contribution in [-0.2, 0) is 0 Å². The molecular weight excluding hydrogens is 1900 g/mol. The summed E-state index contributed by atoms with van der Waals surface area (Å²) in [5.41, 5.74) is 17.5. The van der Waals surface area contributed by atoms with Crippen LogP contribution >= 0.6 is 68.0 Å². The van der Waals surface area contributed by atoms with E-state index in [2.05, 4.69) is 302 Å². The molecule has 0 aliphatic carbocycles. The van der Waals surface area contributed by atoms with Gasteiger partial charge in [0.2, 0.25) is 11.9 Å². The summed E-state index contributed by atoms with van der Waals surface area (Å²) in [6.07, 6.45) is 10.8. The van der Waals surface area contributed by atoms with Gasteiger partial charge >= 0.3 is 0 Å². The molecule has 23 heteroatoms. The normalized spacial score (nSPS) is 12.0. The Hall–Kier alpha value is -17.9. The summed E-state index contributed by atoms with van der Waals surface area (Å²) in [7, 11) is 0. The van der Waals surface area contributed by atoms with Gasteiger partial charge in [-0.05, 0) is 65.7 Å². The second-order valence-corrected chi connectivity index (χ2v) is 41.9. The molecule has 145 heavy (non-hydrogen) atoms. The maximum atomic E-state index is 5.34. The molecule has 0 aliphatic rings. The van der Waals surface area contributed by atoms with Crippen LogP contribution in [0.1, 0.15) is 0 Å². The number of aromatic nitrogens is 17. The van der Waals surface area contributed by atoms with Gasteiger partial charge in [0, 0.05) is 188 Å². The minimum absolute atomic E-state index is 0.570. The Morgan fingerprint density at radius 3 is 0.931 bits per heavy atom. The number of benzene rings is 17. The SMILES string of the molecule is c1ccc(-c2ccc(-c3nc(-c4ccccc4)nc(-n4c5ccccc5c5c6c7ccccc7sc6c6c7cncnc7sc6c54)n3)cc2)cc1.c1ccc(-c2nc(-c3ccccc3)nc(-c3cccc(-n4c5ccccc5c5c6c7ccccc7sc6c6c7cncnc7sc6c54)c3)n2)cc1.c1ccc(-c2nc(-n3c4ccccc4c4c5c6ccccc6sc5c5c6cncnc6sc5c43)nc3ccccc23)cc1. The summed E-state index contributed by atoms with van der Waals surface area (Å²) in [6, 6.07) is 129. The number of hydrogen-bond donors (Lipinski definition) is 0. The van der Waals surface area contributed by atoms with E-state index in [0.29, 0.717) is 41.0 Å². The van der Waals surface area contributed by atoms with Crippen molar-refractivity contribution < 1.29 is 0 Å². The zero-order valence-corrected chi connectivity index (χ0v) is 81.1. The predicted octanol–water partition coefficient (Wildman–Crippen LogP) is 32.9. The Balaban J connectivity index is 0.000000101. The first-order valence-corrected chi connectivity index (χ1v) is 52.3. The van der Waals surface area contributed by atoms with Gasteiger partial charge in [0.05, 0.1) is 58.4 Å². The van der Waals surface area contributed by atoms with Crippen molar-refractivity contribution in [2.24, 2.45) is 0 Å². The van der Waals surface area contributed by atoms with Crippen LogP contribution in [0.4, 0.5) is 0 Å². The van der Waals surface area contributed by atoms with E-state index in [9.17, 15) is 0 Å². The average Bonchev–Trinajstić information content (AvgIpc) is 1.53. The fourth-order valence-corrected chi connectivity index (χ4v) is 28.9. The van der Waals surface area contributed by atoms with Gasteiger partial charge in [-0.25, -0.2) is 59.8 Å². The lowest BCUT2D eigenvalue weighted by molar-refractivity contribution is 0.955. The first kappa shape index (κ1) is 82.9. The third-order valence-electron chi connectivity index (χ3n) is 27.6. The highest BCUT2D eigenvalue weighted by Crippen LogP contribution is 2.57. The fourth-order valence-electron chi connectivity index (χ4n) is 21.4. The second-order valence-electron chi connectivity index (χ2n) is 35.7. The van der Waals surface area contributed by atoms with Crippen LogP contribution in [0.15, 0.2) is 408 Å². The van der Waals surface area contributed by atoms with Crippen molar-refractivity contribution in [1.82, 2.24) is 83.5 Å². The summed E-state index contributed by atoms with van der Waals surface area (Å²) in [5, 5.41) is 22.7. The minimum atomic E-state index is 0.570. The van der Waals surface area contributed by atoms with Crippen molar-refractivity contribution in [3.05, 3.63) is 408 Å². The number of hydrogen-bond acceptors (Lipinski definition) is 20. The first-order valence-electron chi connectivity index (χ1n) is 47.4. The van der Waals surface area contributed by atoms with E-state index >= 15 is 0 Å². The molecule has 0 N–H and O–H groups in total. The molecule has 0 saturated heterocycles. The molecule has 17 aromatic carbocycles. The number of para-hydroxylation sites is 4. The summed E-state index contributed by atoms with van der Waals surface area (Å²) in [4.78, 5) is 71.7. The Morgan fingerprint density at radius 1 is 0.193 bits per heavy atom. The van der Waals surface area contributed by atoms with Gasteiger partial charge in [0.15, 0.2) is 29.1 Å². The van der Waals surface area contributed by atoms with Crippen LogP contribution in [0.3, 0.4) is 0 Å². The van der Waals surface area contributed by atoms with Crippen LogP contribution in [0.5, 0.6) is 0 Å². The van der Waals surface area contributed by atoms with E-state index < -0.39 is 0 Å². The summed E-state index contributed by atoms with van der Waals surface area (Å²) < 4.78 is 18.1. The zero-order chi connectivity index (χ0) is 95.0. The van der Waals surface area contributed by atoms with Gasteiger partial charge in [0.1, 0.15) is 33.5 Å². The molecule has 15 aromatic heterocycles. The molecule has 15 heterocycles. The molecule has 676 valence electrons. The van der Waals surface area contributed by atoms with E-state index in [1.54, 1.807) is 53.0 Å². The lowest BCUT2D eigenvalue weighted by atomic mass is 10.0. The molecule has 0 radical (unpaired) electrons. The Bertz CT molecular complexity index is 10900. The molecule has 0 spiro atoms. The zero-order valence-electron chi connectivity index (χ0n) is 76.2. The van der Waals surface area contributed by atoms with Gasteiger partial charge in [-0.15, -0.1) is 68.0 Å². The molecule has 32 aromatic rings. The van der Waals surface area contributed by atoms with Crippen LogP contribution in [0.25, 0.3) is 295 Å². The molecule has 17 nitrogen and oxygen atoms in total. The molecular formula is C122H67N17S6. The topological polar surface area (TPSA) is 195 Å².